The lowest BCUT2D eigenvalue weighted by Crippen LogP contribution is -2.24. The molecule has 19 heavy (non-hydrogen) atoms. The fourth-order valence-corrected chi connectivity index (χ4v) is 2.40. The Morgan fingerprint density at radius 1 is 1.58 bits per heavy atom. The Kier molecular flexibility index (Phi) is 4.74. The number of nitrogens with two attached hydrogens (primary N) is 1. The molecule has 6 heteroatoms. The number of hydrogen-bond acceptors (Lipinski definition) is 3. The van der Waals surface area contributed by atoms with Gasteiger partial charge in [0.2, 0.25) is 5.91 Å². The van der Waals surface area contributed by atoms with Crippen LogP contribution >= 0.6 is 11.6 Å². The molecule has 1 saturated heterocycles. The van der Waals surface area contributed by atoms with Crippen LogP contribution in [0, 0.1) is 5.82 Å². The summed E-state index contributed by atoms with van der Waals surface area (Å²) in [7, 11) is 0. The summed E-state index contributed by atoms with van der Waals surface area (Å²) in [5.41, 5.74) is 6.11. The fourth-order valence-electron chi connectivity index (χ4n) is 2.11. The highest BCUT2D eigenvalue weighted by molar-refractivity contribution is 6.31. The van der Waals surface area contributed by atoms with E-state index in [0.717, 1.165) is 18.5 Å². The van der Waals surface area contributed by atoms with Crippen molar-refractivity contribution in [2.75, 3.05) is 19.8 Å². The van der Waals surface area contributed by atoms with E-state index in [2.05, 4.69) is 5.32 Å². The molecule has 0 spiro atoms. The average molecular weight is 287 g/mol. The maximum Gasteiger partial charge on any atom is 0.221 e. The van der Waals surface area contributed by atoms with Crippen molar-refractivity contribution in [3.8, 4) is 0 Å². The van der Waals surface area contributed by atoms with Gasteiger partial charge in [-0.1, -0.05) is 11.6 Å². The Labute approximate surface area is 116 Å². The highest BCUT2D eigenvalue weighted by atomic mass is 35.5. The summed E-state index contributed by atoms with van der Waals surface area (Å²) in [4.78, 5) is 10.9. The van der Waals surface area contributed by atoms with Gasteiger partial charge in [0.05, 0.1) is 19.1 Å². The van der Waals surface area contributed by atoms with Gasteiger partial charge < -0.3 is 15.8 Å². The maximum atomic E-state index is 13.7. The first-order valence-corrected chi connectivity index (χ1v) is 6.53. The third-order valence-corrected chi connectivity index (χ3v) is 3.37. The molecule has 0 aromatic heterocycles. The number of rotatable bonds is 3. The van der Waals surface area contributed by atoms with Crippen LogP contribution in [-0.4, -0.2) is 25.7 Å². The van der Waals surface area contributed by atoms with Crippen molar-refractivity contribution in [2.45, 2.75) is 18.9 Å². The lowest BCUT2D eigenvalue weighted by Gasteiger charge is -2.18. The smallest absolute Gasteiger partial charge is 0.221 e. The number of benzene rings is 1. The summed E-state index contributed by atoms with van der Waals surface area (Å²) in [6.45, 7) is 1.97. The number of primary amides is 1. The third-order valence-electron chi connectivity index (χ3n) is 3.05. The number of carbonyl (C=O) groups excluding carboxylic acids is 1. The summed E-state index contributed by atoms with van der Waals surface area (Å²) in [5, 5.41) is 3.62. The fraction of sp³-hybridized carbons (Fsp3) is 0.462. The van der Waals surface area contributed by atoms with Gasteiger partial charge in [0.15, 0.2) is 0 Å². The molecule has 2 rings (SSSR count). The van der Waals surface area contributed by atoms with Gasteiger partial charge >= 0.3 is 0 Å². The molecule has 1 atom stereocenters. The summed E-state index contributed by atoms with van der Waals surface area (Å²) >= 11 is 6.07. The lowest BCUT2D eigenvalue weighted by molar-refractivity contribution is -0.117. The minimum Gasteiger partial charge on any atom is -0.379 e. The summed E-state index contributed by atoms with van der Waals surface area (Å²) in [6, 6.07) is 2.72. The van der Waals surface area contributed by atoms with Crippen LogP contribution in [0.5, 0.6) is 0 Å². The van der Waals surface area contributed by atoms with Gasteiger partial charge in [-0.05, 0) is 36.2 Å². The number of amides is 1. The van der Waals surface area contributed by atoms with E-state index in [1.807, 2.05) is 0 Å². The van der Waals surface area contributed by atoms with Crippen molar-refractivity contribution in [3.63, 3.8) is 0 Å². The minimum absolute atomic E-state index is 0.0952. The molecule has 4 nitrogen and oxygen atoms in total. The van der Waals surface area contributed by atoms with Gasteiger partial charge in [-0.3, -0.25) is 4.79 Å². The highest BCUT2D eigenvalue weighted by Gasteiger charge is 2.19. The zero-order chi connectivity index (χ0) is 13.8. The van der Waals surface area contributed by atoms with E-state index in [4.69, 9.17) is 22.1 Å². The topological polar surface area (TPSA) is 64.4 Å². The molecule has 104 valence electrons. The van der Waals surface area contributed by atoms with Gasteiger partial charge in [0, 0.05) is 11.6 Å². The lowest BCUT2D eigenvalue weighted by atomic mass is 10.0. The van der Waals surface area contributed by atoms with Crippen molar-refractivity contribution in [1.82, 2.24) is 5.32 Å². The van der Waals surface area contributed by atoms with Gasteiger partial charge in [0.1, 0.15) is 5.82 Å². The van der Waals surface area contributed by atoms with Crippen LogP contribution in [0.15, 0.2) is 12.1 Å². The van der Waals surface area contributed by atoms with E-state index in [9.17, 15) is 9.18 Å². The number of halogens is 2. The van der Waals surface area contributed by atoms with Crippen molar-refractivity contribution >= 4 is 17.5 Å². The highest BCUT2D eigenvalue weighted by Crippen LogP contribution is 2.27. The Bertz CT molecular complexity index is 474. The van der Waals surface area contributed by atoms with E-state index in [0.29, 0.717) is 18.2 Å². The predicted molar refractivity (Wildman–Crippen MR) is 70.5 cm³/mol. The minimum atomic E-state index is -0.572. The first kappa shape index (κ1) is 14.2. The molecule has 0 saturated carbocycles. The Balaban J connectivity index is 2.30. The molecule has 1 fully saturated rings. The van der Waals surface area contributed by atoms with Crippen LogP contribution in [0.3, 0.4) is 0 Å². The zero-order valence-electron chi connectivity index (χ0n) is 10.4. The second kappa shape index (κ2) is 6.32. The Morgan fingerprint density at radius 2 is 2.37 bits per heavy atom. The number of carbonyl (C=O) groups is 1. The quantitative estimate of drug-likeness (QED) is 0.886. The second-order valence-electron chi connectivity index (χ2n) is 4.54. The first-order valence-electron chi connectivity index (χ1n) is 6.15. The molecule has 1 aliphatic rings. The van der Waals surface area contributed by atoms with E-state index >= 15 is 0 Å². The Morgan fingerprint density at radius 3 is 3.11 bits per heavy atom. The molecule has 1 aromatic rings. The van der Waals surface area contributed by atoms with Crippen LogP contribution in [0.2, 0.25) is 5.02 Å². The number of hydrogen-bond donors (Lipinski definition) is 2. The first-order chi connectivity index (χ1) is 9.08. The van der Waals surface area contributed by atoms with Crippen molar-refractivity contribution in [3.05, 3.63) is 34.1 Å². The zero-order valence-corrected chi connectivity index (χ0v) is 11.2. The van der Waals surface area contributed by atoms with E-state index in [-0.39, 0.29) is 18.0 Å². The van der Waals surface area contributed by atoms with Gasteiger partial charge in [-0.25, -0.2) is 4.39 Å². The second-order valence-corrected chi connectivity index (χ2v) is 4.95. The van der Waals surface area contributed by atoms with Crippen LogP contribution in [0.25, 0.3) is 0 Å². The molecule has 0 radical (unpaired) electrons. The molecule has 1 heterocycles. The van der Waals surface area contributed by atoms with Crippen LogP contribution < -0.4 is 11.1 Å². The van der Waals surface area contributed by atoms with Crippen molar-refractivity contribution in [2.24, 2.45) is 5.73 Å². The molecule has 1 amide bonds. The van der Waals surface area contributed by atoms with Crippen LogP contribution in [0.4, 0.5) is 4.39 Å². The van der Waals surface area contributed by atoms with E-state index in [1.165, 1.54) is 6.07 Å². The molecule has 1 aromatic carbocycles. The summed E-state index contributed by atoms with van der Waals surface area (Å²) < 4.78 is 19.2. The molecular weight excluding hydrogens is 271 g/mol. The average Bonchev–Trinajstić information content (AvgIpc) is 2.61. The molecule has 0 aliphatic carbocycles. The standard InChI is InChI=1S/C13H16ClFN2O2/c14-10-6-11(15)8(5-13(16)18)4-9(10)12-7-19-3-1-2-17-12/h4,6,12,17H,1-3,5,7H2,(H2,16,18). The molecule has 1 unspecified atom stereocenters. The van der Waals surface area contributed by atoms with Gasteiger partial charge in [-0.2, -0.15) is 0 Å². The van der Waals surface area contributed by atoms with Crippen LogP contribution in [0.1, 0.15) is 23.6 Å². The normalized spacial score (nSPS) is 20.0. The van der Waals surface area contributed by atoms with Gasteiger partial charge in [-0.15, -0.1) is 0 Å². The van der Waals surface area contributed by atoms with E-state index < -0.39 is 11.7 Å². The van der Waals surface area contributed by atoms with Crippen molar-refractivity contribution < 1.29 is 13.9 Å². The number of nitrogens with one attached hydrogen (secondary N) is 1. The third kappa shape index (κ3) is 3.65. The SMILES string of the molecule is NC(=O)Cc1cc(C2COCCCN2)c(Cl)cc1F. The van der Waals surface area contributed by atoms with Crippen LogP contribution in [-0.2, 0) is 16.0 Å². The molecule has 3 N–H and O–H groups in total. The van der Waals surface area contributed by atoms with Gasteiger partial charge in [0.25, 0.3) is 0 Å². The molecule has 1 aliphatic heterocycles. The Hall–Kier alpha value is -1.17. The summed E-state index contributed by atoms with van der Waals surface area (Å²) in [6.07, 6.45) is 0.785. The number of ether oxygens (including phenoxy) is 1. The molecule has 0 bridgehead atoms. The maximum absolute atomic E-state index is 13.7. The van der Waals surface area contributed by atoms with E-state index in [1.54, 1.807) is 6.07 Å². The summed E-state index contributed by atoms with van der Waals surface area (Å²) in [5.74, 6) is -1.08. The molecular formula is C13H16ClFN2O2. The predicted octanol–water partition coefficient (Wildman–Crippen LogP) is 1.56. The monoisotopic (exact) mass is 286 g/mol. The largest absolute Gasteiger partial charge is 0.379 e. The van der Waals surface area contributed by atoms with Crippen molar-refractivity contribution in [1.29, 1.82) is 0 Å².